The van der Waals surface area contributed by atoms with Gasteiger partial charge in [-0.3, -0.25) is 9.69 Å². The van der Waals surface area contributed by atoms with E-state index in [0.29, 0.717) is 30.5 Å². The van der Waals surface area contributed by atoms with Gasteiger partial charge in [-0.05, 0) is 86.9 Å². The number of esters is 1. The molecule has 1 heterocycles. The fraction of sp³-hybridized carbons (Fsp3) is 0.552. The number of β-amino-alcohol motifs (C(OH)–C–C–N with tert-alkyl or cyclic N) is 1. The van der Waals surface area contributed by atoms with Gasteiger partial charge in [0.05, 0.1) is 25.4 Å². The highest BCUT2D eigenvalue weighted by Gasteiger charge is 2.27. The molecule has 0 radical (unpaired) electrons. The maximum absolute atomic E-state index is 14.7. The third kappa shape index (κ3) is 8.28. The van der Waals surface area contributed by atoms with Crippen molar-refractivity contribution in [2.24, 2.45) is 0 Å². The minimum atomic E-state index is -0.800. The van der Waals surface area contributed by atoms with Crippen molar-refractivity contribution < 1.29 is 32.5 Å². The number of aliphatic hydroxyl groups is 1. The standard InChI is InChI=1S/C29H38F3NO4/c1-4-28(25-15-21(30)16-27(32)24(25)10-11-29(35)36-5-2)37-18-23(34)17-33-12-6-7-22(33)13-20-9-8-19(3)26(31)14-20/h8-9,14-16,22-23,28,34H,4-7,10-13,17-18H2,1-3H3. The highest BCUT2D eigenvalue weighted by atomic mass is 19.1. The molecule has 5 nitrogen and oxygen atoms in total. The molecule has 0 bridgehead atoms. The summed E-state index contributed by atoms with van der Waals surface area (Å²) in [6.45, 7) is 6.73. The molecule has 3 atom stereocenters. The number of aliphatic hydroxyl groups excluding tert-OH is 1. The molecule has 2 aromatic carbocycles. The third-order valence-electron chi connectivity index (χ3n) is 6.94. The van der Waals surface area contributed by atoms with E-state index in [9.17, 15) is 23.1 Å². The average Bonchev–Trinajstić information content (AvgIpc) is 3.27. The summed E-state index contributed by atoms with van der Waals surface area (Å²) in [4.78, 5) is 14.0. The van der Waals surface area contributed by atoms with Crippen LogP contribution in [0.4, 0.5) is 13.2 Å². The largest absolute Gasteiger partial charge is 0.466 e. The highest BCUT2D eigenvalue weighted by Crippen LogP contribution is 2.29. The van der Waals surface area contributed by atoms with Crippen LogP contribution in [0.25, 0.3) is 0 Å². The third-order valence-corrected chi connectivity index (χ3v) is 6.94. The van der Waals surface area contributed by atoms with E-state index in [1.54, 1.807) is 26.0 Å². The lowest BCUT2D eigenvalue weighted by Crippen LogP contribution is -2.39. The molecular weight excluding hydrogens is 483 g/mol. The number of nitrogens with zero attached hydrogens (tertiary/aromatic N) is 1. The lowest BCUT2D eigenvalue weighted by molar-refractivity contribution is -0.143. The first-order valence-electron chi connectivity index (χ1n) is 13.1. The monoisotopic (exact) mass is 521 g/mol. The van der Waals surface area contributed by atoms with E-state index in [2.05, 4.69) is 4.90 Å². The van der Waals surface area contributed by atoms with Crippen LogP contribution in [0.5, 0.6) is 0 Å². The van der Waals surface area contributed by atoms with Crippen LogP contribution in [-0.4, -0.2) is 54.4 Å². The molecule has 1 aliphatic heterocycles. The molecule has 2 aromatic rings. The van der Waals surface area contributed by atoms with Gasteiger partial charge < -0.3 is 14.6 Å². The molecule has 1 fully saturated rings. The van der Waals surface area contributed by atoms with Gasteiger partial charge in [0.25, 0.3) is 0 Å². The minimum absolute atomic E-state index is 0.00364. The Morgan fingerprint density at radius 2 is 1.95 bits per heavy atom. The van der Waals surface area contributed by atoms with Crippen molar-refractivity contribution in [1.82, 2.24) is 4.90 Å². The average molecular weight is 522 g/mol. The zero-order valence-electron chi connectivity index (χ0n) is 21.9. The Morgan fingerprint density at radius 3 is 2.65 bits per heavy atom. The van der Waals surface area contributed by atoms with Crippen LogP contribution in [0.1, 0.15) is 67.9 Å². The van der Waals surface area contributed by atoms with Crippen LogP contribution in [0, 0.1) is 24.4 Å². The van der Waals surface area contributed by atoms with Crippen LogP contribution in [-0.2, 0) is 27.1 Å². The number of halogens is 3. The van der Waals surface area contributed by atoms with Crippen LogP contribution in [0.3, 0.4) is 0 Å². The second-order valence-corrected chi connectivity index (χ2v) is 9.72. The molecular formula is C29H38F3NO4. The van der Waals surface area contributed by atoms with Crippen LogP contribution < -0.4 is 0 Å². The molecule has 0 spiro atoms. The summed E-state index contributed by atoms with van der Waals surface area (Å²) in [5.74, 6) is -2.11. The molecule has 0 aliphatic carbocycles. The molecule has 0 saturated carbocycles. The second-order valence-electron chi connectivity index (χ2n) is 9.72. The highest BCUT2D eigenvalue weighted by molar-refractivity contribution is 5.69. The molecule has 3 unspecified atom stereocenters. The van der Waals surface area contributed by atoms with E-state index in [1.807, 2.05) is 13.0 Å². The Balaban J connectivity index is 1.61. The first-order valence-corrected chi connectivity index (χ1v) is 13.1. The summed E-state index contributed by atoms with van der Waals surface area (Å²) in [6, 6.07) is 7.55. The van der Waals surface area contributed by atoms with Crippen molar-refractivity contribution >= 4 is 5.97 Å². The van der Waals surface area contributed by atoms with Gasteiger partial charge in [-0.15, -0.1) is 0 Å². The normalized spacial score (nSPS) is 17.6. The van der Waals surface area contributed by atoms with Crippen molar-refractivity contribution in [1.29, 1.82) is 0 Å². The number of aryl methyl sites for hydroxylation is 1. The minimum Gasteiger partial charge on any atom is -0.466 e. The summed E-state index contributed by atoms with van der Waals surface area (Å²) in [5.41, 5.74) is 2.12. The van der Waals surface area contributed by atoms with Crippen molar-refractivity contribution in [3.05, 3.63) is 70.0 Å². The van der Waals surface area contributed by atoms with Crippen molar-refractivity contribution in [2.75, 3.05) is 26.3 Å². The zero-order valence-corrected chi connectivity index (χ0v) is 21.9. The van der Waals surface area contributed by atoms with E-state index in [4.69, 9.17) is 9.47 Å². The summed E-state index contributed by atoms with van der Waals surface area (Å²) in [5, 5.41) is 10.7. The molecule has 3 rings (SSSR count). The maximum atomic E-state index is 14.7. The van der Waals surface area contributed by atoms with Gasteiger partial charge in [0.15, 0.2) is 0 Å². The summed E-state index contributed by atoms with van der Waals surface area (Å²) in [6.07, 6.45) is 1.71. The summed E-state index contributed by atoms with van der Waals surface area (Å²) in [7, 11) is 0. The number of rotatable bonds is 13. The van der Waals surface area contributed by atoms with Gasteiger partial charge in [-0.25, -0.2) is 13.2 Å². The molecule has 1 N–H and O–H groups in total. The first kappa shape index (κ1) is 29.1. The fourth-order valence-electron chi connectivity index (χ4n) is 5.01. The van der Waals surface area contributed by atoms with Crippen molar-refractivity contribution in [2.45, 2.75) is 77.5 Å². The van der Waals surface area contributed by atoms with Crippen LogP contribution >= 0.6 is 0 Å². The first-order chi connectivity index (χ1) is 17.7. The SMILES string of the molecule is CCOC(=O)CCc1c(F)cc(F)cc1C(CC)OCC(O)CN1CCCC1Cc1ccc(C)c(F)c1. The molecule has 204 valence electrons. The van der Waals surface area contributed by atoms with Gasteiger partial charge in [0, 0.05) is 25.1 Å². The number of hydrogen-bond acceptors (Lipinski definition) is 5. The molecule has 0 amide bonds. The lowest BCUT2D eigenvalue weighted by atomic mass is 9.96. The van der Waals surface area contributed by atoms with E-state index >= 15 is 0 Å². The maximum Gasteiger partial charge on any atom is 0.306 e. The lowest BCUT2D eigenvalue weighted by Gasteiger charge is -2.28. The molecule has 37 heavy (non-hydrogen) atoms. The van der Waals surface area contributed by atoms with Gasteiger partial charge in [0.2, 0.25) is 0 Å². The Hall–Kier alpha value is -2.42. The van der Waals surface area contributed by atoms with Gasteiger partial charge in [-0.1, -0.05) is 19.1 Å². The van der Waals surface area contributed by atoms with E-state index in [-0.39, 0.29) is 43.5 Å². The van der Waals surface area contributed by atoms with Gasteiger partial charge >= 0.3 is 5.97 Å². The van der Waals surface area contributed by atoms with E-state index in [0.717, 1.165) is 31.0 Å². The number of carbonyl (C=O) groups excluding carboxylic acids is 1. The molecule has 0 aromatic heterocycles. The van der Waals surface area contributed by atoms with Crippen molar-refractivity contribution in [3.63, 3.8) is 0 Å². The molecule has 1 aliphatic rings. The van der Waals surface area contributed by atoms with E-state index < -0.39 is 29.8 Å². The number of likely N-dealkylation sites (tertiary alicyclic amines) is 1. The predicted molar refractivity (Wildman–Crippen MR) is 136 cm³/mol. The number of benzene rings is 2. The molecule has 1 saturated heterocycles. The van der Waals surface area contributed by atoms with Gasteiger partial charge in [-0.2, -0.15) is 0 Å². The van der Waals surface area contributed by atoms with Crippen LogP contribution in [0.15, 0.2) is 30.3 Å². The number of ether oxygens (including phenoxy) is 2. The smallest absolute Gasteiger partial charge is 0.306 e. The molecule has 8 heteroatoms. The topological polar surface area (TPSA) is 59.0 Å². The van der Waals surface area contributed by atoms with Crippen molar-refractivity contribution in [3.8, 4) is 0 Å². The Bertz CT molecular complexity index is 1050. The summed E-state index contributed by atoms with van der Waals surface area (Å²) < 4.78 is 53.6. The predicted octanol–water partition coefficient (Wildman–Crippen LogP) is 5.44. The summed E-state index contributed by atoms with van der Waals surface area (Å²) >= 11 is 0. The van der Waals surface area contributed by atoms with E-state index in [1.165, 1.54) is 6.07 Å². The van der Waals surface area contributed by atoms with Gasteiger partial charge in [0.1, 0.15) is 17.5 Å². The Kier molecular flexibility index (Phi) is 11.0. The Labute approximate surface area is 217 Å². The van der Waals surface area contributed by atoms with Crippen LogP contribution in [0.2, 0.25) is 0 Å². The quantitative estimate of drug-likeness (QED) is 0.356. The zero-order chi connectivity index (χ0) is 26.9. The Morgan fingerprint density at radius 1 is 1.16 bits per heavy atom. The fourth-order valence-corrected chi connectivity index (χ4v) is 5.01. The second kappa shape index (κ2) is 13.9. The number of hydrogen-bond donors (Lipinski definition) is 1. The number of carbonyl (C=O) groups is 1.